The number of ketones is 1. The molecule has 0 N–H and O–H groups in total. The summed E-state index contributed by atoms with van der Waals surface area (Å²) in [5, 5.41) is 0.933. The lowest BCUT2D eigenvalue weighted by Gasteiger charge is -2.30. The zero-order valence-corrected chi connectivity index (χ0v) is 13.8. The van der Waals surface area contributed by atoms with Crippen molar-refractivity contribution in [2.75, 3.05) is 27.3 Å². The maximum absolute atomic E-state index is 12.7. The fourth-order valence-corrected chi connectivity index (χ4v) is 2.68. The number of nitrogens with zero attached hydrogens (tertiary/aromatic N) is 1. The highest BCUT2D eigenvalue weighted by Crippen LogP contribution is 2.34. The number of hydrogen-bond donors (Lipinski definition) is 0. The standard InChI is InChI=1S/C16H18F3NO5/c1-23-12-5-3-4-11(14(12)24-2)13(21)10-6-8-20(9-7-10)25-15(22)16(17,18)19/h3-5,10H,6-9H2,1-2H3. The van der Waals surface area contributed by atoms with Gasteiger partial charge in [-0.25, -0.2) is 4.79 Å². The molecular weight excluding hydrogens is 343 g/mol. The third-order valence-electron chi connectivity index (χ3n) is 3.94. The number of rotatable bonds is 5. The van der Waals surface area contributed by atoms with Crippen LogP contribution in [0.1, 0.15) is 23.2 Å². The number of carbonyl (C=O) groups excluding carboxylic acids is 2. The lowest BCUT2D eigenvalue weighted by molar-refractivity contribution is -0.241. The average molecular weight is 361 g/mol. The van der Waals surface area contributed by atoms with Gasteiger partial charge >= 0.3 is 12.1 Å². The first-order valence-electron chi connectivity index (χ1n) is 7.57. The molecular formula is C16H18F3NO5. The van der Waals surface area contributed by atoms with Crippen molar-refractivity contribution < 1.29 is 37.1 Å². The maximum atomic E-state index is 12.7. The van der Waals surface area contributed by atoms with Crippen LogP contribution in [-0.4, -0.2) is 50.3 Å². The van der Waals surface area contributed by atoms with Crippen molar-refractivity contribution in [3.05, 3.63) is 23.8 Å². The number of alkyl halides is 3. The smallest absolute Gasteiger partial charge is 0.492 e. The van der Waals surface area contributed by atoms with Crippen LogP contribution in [0, 0.1) is 5.92 Å². The Morgan fingerprint density at radius 2 is 1.76 bits per heavy atom. The van der Waals surface area contributed by atoms with Crippen molar-refractivity contribution in [1.29, 1.82) is 0 Å². The minimum atomic E-state index is -5.04. The lowest BCUT2D eigenvalue weighted by Crippen LogP contribution is -2.41. The Hall–Kier alpha value is -2.29. The van der Waals surface area contributed by atoms with Crippen LogP contribution in [0.2, 0.25) is 0 Å². The van der Waals surface area contributed by atoms with E-state index >= 15 is 0 Å². The summed E-state index contributed by atoms with van der Waals surface area (Å²) in [6.45, 7) is 0.0923. The first-order valence-corrected chi connectivity index (χ1v) is 7.57. The average Bonchev–Trinajstić information content (AvgIpc) is 2.60. The highest BCUT2D eigenvalue weighted by molar-refractivity contribution is 6.01. The molecule has 1 heterocycles. The predicted molar refractivity (Wildman–Crippen MR) is 80.3 cm³/mol. The summed E-state index contributed by atoms with van der Waals surface area (Å²) in [5.74, 6) is -2.10. The van der Waals surface area contributed by atoms with E-state index in [1.54, 1.807) is 18.2 Å². The van der Waals surface area contributed by atoms with E-state index in [2.05, 4.69) is 4.84 Å². The number of hydrogen-bond acceptors (Lipinski definition) is 6. The molecule has 2 rings (SSSR count). The van der Waals surface area contributed by atoms with Crippen LogP contribution in [0.15, 0.2) is 18.2 Å². The molecule has 1 aliphatic heterocycles. The van der Waals surface area contributed by atoms with E-state index in [0.717, 1.165) is 5.06 Å². The molecule has 0 atom stereocenters. The summed E-state index contributed by atoms with van der Waals surface area (Å²) in [6, 6.07) is 4.93. The molecule has 1 aromatic rings. The van der Waals surface area contributed by atoms with Crippen LogP contribution in [0.3, 0.4) is 0 Å². The molecule has 0 unspecified atom stereocenters. The number of hydroxylamine groups is 2. The summed E-state index contributed by atoms with van der Waals surface area (Å²) < 4.78 is 47.0. The first kappa shape index (κ1) is 19.0. The predicted octanol–water partition coefficient (Wildman–Crippen LogP) is 2.62. The van der Waals surface area contributed by atoms with Gasteiger partial charge in [-0.05, 0) is 25.0 Å². The van der Waals surface area contributed by atoms with E-state index in [1.807, 2.05) is 0 Å². The molecule has 1 saturated heterocycles. The van der Waals surface area contributed by atoms with Crippen molar-refractivity contribution in [3.63, 3.8) is 0 Å². The first-order chi connectivity index (χ1) is 11.8. The SMILES string of the molecule is COc1cccc(C(=O)C2CCN(OC(=O)C(F)(F)F)CC2)c1OC. The Labute approximate surface area is 142 Å². The van der Waals surface area contributed by atoms with Crippen LogP contribution in [-0.2, 0) is 9.63 Å². The number of ether oxygens (including phenoxy) is 2. The number of carbonyl (C=O) groups is 2. The van der Waals surface area contributed by atoms with Gasteiger partial charge in [0.15, 0.2) is 17.3 Å². The fourth-order valence-electron chi connectivity index (χ4n) is 2.68. The van der Waals surface area contributed by atoms with Gasteiger partial charge in [-0.15, -0.1) is 5.06 Å². The quantitative estimate of drug-likeness (QED) is 0.752. The van der Waals surface area contributed by atoms with Crippen LogP contribution in [0.25, 0.3) is 0 Å². The molecule has 25 heavy (non-hydrogen) atoms. The lowest BCUT2D eigenvalue weighted by atomic mass is 9.89. The molecule has 0 radical (unpaired) electrons. The second-order valence-corrected chi connectivity index (χ2v) is 5.49. The van der Waals surface area contributed by atoms with Gasteiger partial charge in [0.05, 0.1) is 19.8 Å². The molecule has 138 valence electrons. The normalized spacial score (nSPS) is 16.4. The number of benzene rings is 1. The molecule has 0 bridgehead atoms. The number of piperidine rings is 1. The summed E-state index contributed by atoms with van der Waals surface area (Å²) in [4.78, 5) is 27.8. The van der Waals surface area contributed by atoms with Crippen molar-refractivity contribution in [2.24, 2.45) is 5.92 Å². The van der Waals surface area contributed by atoms with Crippen LogP contribution in [0.5, 0.6) is 11.5 Å². The summed E-state index contributed by atoms with van der Waals surface area (Å²) in [5.41, 5.74) is 0.354. The van der Waals surface area contributed by atoms with E-state index in [-0.39, 0.29) is 31.7 Å². The molecule has 9 heteroatoms. The summed E-state index contributed by atoms with van der Waals surface area (Å²) >= 11 is 0. The van der Waals surface area contributed by atoms with E-state index in [1.165, 1.54) is 14.2 Å². The zero-order chi connectivity index (χ0) is 18.6. The molecule has 6 nitrogen and oxygen atoms in total. The van der Waals surface area contributed by atoms with Gasteiger partial charge in [-0.1, -0.05) is 6.07 Å². The molecule has 1 aromatic carbocycles. The van der Waals surface area contributed by atoms with Gasteiger partial charge in [0.2, 0.25) is 0 Å². The number of para-hydroxylation sites is 1. The Morgan fingerprint density at radius 1 is 1.12 bits per heavy atom. The van der Waals surface area contributed by atoms with Gasteiger partial charge in [-0.2, -0.15) is 13.2 Å². The minimum absolute atomic E-state index is 0.0461. The van der Waals surface area contributed by atoms with Gasteiger partial charge < -0.3 is 14.3 Å². The second kappa shape index (κ2) is 7.73. The van der Waals surface area contributed by atoms with Gasteiger partial charge in [0.1, 0.15) is 0 Å². The minimum Gasteiger partial charge on any atom is -0.493 e. The number of Topliss-reactive ketones (excluding diaryl/α,β-unsaturated/α-hetero) is 1. The van der Waals surface area contributed by atoms with Gasteiger partial charge in [-0.3, -0.25) is 4.79 Å². The van der Waals surface area contributed by atoms with Crippen molar-refractivity contribution >= 4 is 11.8 Å². The largest absolute Gasteiger partial charge is 0.493 e. The second-order valence-electron chi connectivity index (χ2n) is 5.49. The van der Waals surface area contributed by atoms with Crippen molar-refractivity contribution in [2.45, 2.75) is 19.0 Å². The molecule has 0 aromatic heterocycles. The van der Waals surface area contributed by atoms with Crippen molar-refractivity contribution in [3.8, 4) is 11.5 Å². The highest BCUT2D eigenvalue weighted by Gasteiger charge is 2.43. The topological polar surface area (TPSA) is 65.1 Å². The van der Waals surface area contributed by atoms with Gasteiger partial charge in [0, 0.05) is 19.0 Å². The molecule has 1 fully saturated rings. The molecule has 0 spiro atoms. The Bertz CT molecular complexity index is 639. The third-order valence-corrected chi connectivity index (χ3v) is 3.94. The van der Waals surface area contributed by atoms with Crippen molar-refractivity contribution in [1.82, 2.24) is 5.06 Å². The van der Waals surface area contributed by atoms with Crippen LogP contribution >= 0.6 is 0 Å². The zero-order valence-electron chi connectivity index (χ0n) is 13.8. The Kier molecular flexibility index (Phi) is 5.89. The van der Waals surface area contributed by atoms with E-state index < -0.39 is 18.1 Å². The van der Waals surface area contributed by atoms with E-state index in [4.69, 9.17) is 9.47 Å². The van der Waals surface area contributed by atoms with Crippen LogP contribution < -0.4 is 9.47 Å². The number of halogens is 3. The highest BCUT2D eigenvalue weighted by atomic mass is 19.4. The third kappa shape index (κ3) is 4.41. The number of methoxy groups -OCH3 is 2. The monoisotopic (exact) mass is 361 g/mol. The molecule has 0 aliphatic carbocycles. The maximum Gasteiger partial charge on any atom is 0.492 e. The summed E-state index contributed by atoms with van der Waals surface area (Å²) in [7, 11) is 2.88. The molecule has 0 saturated carbocycles. The Morgan fingerprint density at radius 3 is 2.28 bits per heavy atom. The molecule has 0 amide bonds. The van der Waals surface area contributed by atoms with E-state index in [0.29, 0.717) is 17.1 Å². The van der Waals surface area contributed by atoms with Gasteiger partial charge in [0.25, 0.3) is 0 Å². The molecule has 1 aliphatic rings. The Balaban J connectivity index is 2.02. The fraction of sp³-hybridized carbons (Fsp3) is 0.500. The van der Waals surface area contributed by atoms with E-state index in [9.17, 15) is 22.8 Å². The van der Waals surface area contributed by atoms with Crippen LogP contribution in [0.4, 0.5) is 13.2 Å². The summed E-state index contributed by atoms with van der Waals surface area (Å²) in [6.07, 6.45) is -4.50.